The minimum atomic E-state index is -0.187. The number of hydrogen-bond acceptors (Lipinski definition) is 1. The standard InChI is InChI=1S/C13H17ClFN/c1-9-4-5-16-12(6-9)7-10-2-3-11(14)8-13(10)15/h2-3,8-9,12,16H,4-7H2,1H3. The molecule has 16 heavy (non-hydrogen) atoms. The normalized spacial score (nSPS) is 25.7. The molecule has 1 fully saturated rings. The Morgan fingerprint density at radius 1 is 1.50 bits per heavy atom. The maximum atomic E-state index is 13.6. The molecule has 1 aliphatic rings. The van der Waals surface area contributed by atoms with Gasteiger partial charge in [-0.1, -0.05) is 24.6 Å². The summed E-state index contributed by atoms with van der Waals surface area (Å²) < 4.78 is 13.6. The van der Waals surface area contributed by atoms with E-state index in [0.717, 1.165) is 30.9 Å². The second-order valence-corrected chi connectivity index (χ2v) is 5.16. The molecule has 3 heteroatoms. The third-order valence-corrected chi connectivity index (χ3v) is 3.47. The van der Waals surface area contributed by atoms with E-state index in [4.69, 9.17) is 11.6 Å². The van der Waals surface area contributed by atoms with Crippen molar-refractivity contribution in [2.75, 3.05) is 6.54 Å². The van der Waals surface area contributed by atoms with Gasteiger partial charge in [0.1, 0.15) is 5.82 Å². The summed E-state index contributed by atoms with van der Waals surface area (Å²) in [5.41, 5.74) is 0.760. The zero-order valence-electron chi connectivity index (χ0n) is 9.47. The van der Waals surface area contributed by atoms with Crippen LogP contribution in [0.1, 0.15) is 25.3 Å². The maximum Gasteiger partial charge on any atom is 0.127 e. The Balaban J connectivity index is 2.02. The van der Waals surface area contributed by atoms with Crippen molar-refractivity contribution in [1.82, 2.24) is 5.32 Å². The van der Waals surface area contributed by atoms with Gasteiger partial charge in [-0.3, -0.25) is 0 Å². The van der Waals surface area contributed by atoms with Crippen LogP contribution in [0.2, 0.25) is 5.02 Å². The quantitative estimate of drug-likeness (QED) is 0.837. The van der Waals surface area contributed by atoms with E-state index in [9.17, 15) is 4.39 Å². The molecule has 88 valence electrons. The Bertz CT molecular complexity index is 367. The number of nitrogens with one attached hydrogen (secondary N) is 1. The molecule has 0 spiro atoms. The van der Waals surface area contributed by atoms with Crippen LogP contribution in [0.25, 0.3) is 0 Å². The molecule has 0 aliphatic carbocycles. The molecule has 0 radical (unpaired) electrons. The predicted molar refractivity (Wildman–Crippen MR) is 65.3 cm³/mol. The summed E-state index contributed by atoms with van der Waals surface area (Å²) in [4.78, 5) is 0. The van der Waals surface area contributed by atoms with E-state index < -0.39 is 0 Å². The molecule has 2 rings (SSSR count). The van der Waals surface area contributed by atoms with Gasteiger partial charge in [-0.05, 0) is 49.4 Å². The number of hydrogen-bond donors (Lipinski definition) is 1. The fraction of sp³-hybridized carbons (Fsp3) is 0.538. The van der Waals surface area contributed by atoms with Gasteiger partial charge in [0.25, 0.3) is 0 Å². The minimum Gasteiger partial charge on any atom is -0.314 e. The van der Waals surface area contributed by atoms with Gasteiger partial charge in [0, 0.05) is 11.1 Å². The molecular formula is C13H17ClFN. The lowest BCUT2D eigenvalue weighted by Crippen LogP contribution is -2.38. The summed E-state index contributed by atoms with van der Waals surface area (Å²) in [6.45, 7) is 3.30. The molecule has 0 amide bonds. The summed E-state index contributed by atoms with van der Waals surface area (Å²) in [6, 6.07) is 5.34. The van der Waals surface area contributed by atoms with Gasteiger partial charge in [-0.15, -0.1) is 0 Å². The third kappa shape index (κ3) is 2.96. The van der Waals surface area contributed by atoms with Crippen LogP contribution in [0.15, 0.2) is 18.2 Å². The lowest BCUT2D eigenvalue weighted by molar-refractivity contribution is 0.317. The van der Waals surface area contributed by atoms with Crippen LogP contribution in [0.4, 0.5) is 4.39 Å². The van der Waals surface area contributed by atoms with E-state index >= 15 is 0 Å². The molecule has 2 atom stereocenters. The van der Waals surface area contributed by atoms with Gasteiger partial charge in [0.2, 0.25) is 0 Å². The van der Waals surface area contributed by atoms with Gasteiger partial charge >= 0.3 is 0 Å². The molecule has 1 aliphatic heterocycles. The maximum absolute atomic E-state index is 13.6. The van der Waals surface area contributed by atoms with E-state index in [1.165, 1.54) is 12.5 Å². The van der Waals surface area contributed by atoms with Gasteiger partial charge in [-0.2, -0.15) is 0 Å². The Labute approximate surface area is 101 Å². The van der Waals surface area contributed by atoms with Crippen molar-refractivity contribution in [2.45, 2.75) is 32.2 Å². The SMILES string of the molecule is CC1CCNC(Cc2ccc(Cl)cc2F)C1. The van der Waals surface area contributed by atoms with Crippen LogP contribution < -0.4 is 5.32 Å². The Kier molecular flexibility index (Phi) is 3.82. The average Bonchev–Trinajstić information content (AvgIpc) is 2.22. The van der Waals surface area contributed by atoms with Gasteiger partial charge < -0.3 is 5.32 Å². The van der Waals surface area contributed by atoms with Crippen molar-refractivity contribution >= 4 is 11.6 Å². The van der Waals surface area contributed by atoms with Gasteiger partial charge in [0.05, 0.1) is 0 Å². The molecule has 1 aromatic carbocycles. The topological polar surface area (TPSA) is 12.0 Å². The summed E-state index contributed by atoms with van der Waals surface area (Å²) in [7, 11) is 0. The van der Waals surface area contributed by atoms with Crippen molar-refractivity contribution in [1.29, 1.82) is 0 Å². The lowest BCUT2D eigenvalue weighted by Gasteiger charge is -2.28. The Morgan fingerprint density at radius 2 is 2.31 bits per heavy atom. The van der Waals surface area contributed by atoms with E-state index in [-0.39, 0.29) is 5.82 Å². The highest BCUT2D eigenvalue weighted by Gasteiger charge is 2.19. The third-order valence-electron chi connectivity index (χ3n) is 3.24. The number of rotatable bonds is 2. The molecule has 0 aromatic heterocycles. The van der Waals surface area contributed by atoms with E-state index in [2.05, 4.69) is 12.2 Å². The number of piperidine rings is 1. The summed E-state index contributed by atoms with van der Waals surface area (Å²) in [6.07, 6.45) is 3.11. The predicted octanol–water partition coefficient (Wildman–Crippen LogP) is 3.41. The van der Waals surface area contributed by atoms with E-state index in [1.54, 1.807) is 12.1 Å². The number of halogens is 2. The summed E-state index contributed by atoms with van der Waals surface area (Å²) in [5, 5.41) is 3.90. The first-order valence-electron chi connectivity index (χ1n) is 5.82. The largest absolute Gasteiger partial charge is 0.314 e. The molecule has 1 aromatic rings. The lowest BCUT2D eigenvalue weighted by atomic mass is 9.90. The van der Waals surface area contributed by atoms with Crippen molar-refractivity contribution in [3.63, 3.8) is 0 Å². The van der Waals surface area contributed by atoms with Crippen LogP contribution in [0.3, 0.4) is 0 Å². The van der Waals surface area contributed by atoms with Crippen molar-refractivity contribution < 1.29 is 4.39 Å². The average molecular weight is 242 g/mol. The highest BCUT2D eigenvalue weighted by Crippen LogP contribution is 2.21. The minimum absolute atomic E-state index is 0.187. The molecule has 1 saturated heterocycles. The van der Waals surface area contributed by atoms with Crippen molar-refractivity contribution in [3.05, 3.63) is 34.6 Å². The van der Waals surface area contributed by atoms with Crippen LogP contribution in [-0.4, -0.2) is 12.6 Å². The smallest absolute Gasteiger partial charge is 0.127 e. The van der Waals surface area contributed by atoms with Gasteiger partial charge in [0.15, 0.2) is 0 Å². The van der Waals surface area contributed by atoms with Crippen LogP contribution >= 0.6 is 11.6 Å². The first-order chi connectivity index (χ1) is 7.65. The van der Waals surface area contributed by atoms with E-state index in [0.29, 0.717) is 11.1 Å². The monoisotopic (exact) mass is 241 g/mol. The second-order valence-electron chi connectivity index (χ2n) is 4.72. The zero-order chi connectivity index (χ0) is 11.5. The van der Waals surface area contributed by atoms with Crippen molar-refractivity contribution in [2.24, 2.45) is 5.92 Å². The first kappa shape index (κ1) is 11.9. The first-order valence-corrected chi connectivity index (χ1v) is 6.20. The highest BCUT2D eigenvalue weighted by atomic mass is 35.5. The Morgan fingerprint density at radius 3 is 3.00 bits per heavy atom. The fourth-order valence-electron chi connectivity index (χ4n) is 2.33. The highest BCUT2D eigenvalue weighted by molar-refractivity contribution is 6.30. The van der Waals surface area contributed by atoms with Gasteiger partial charge in [-0.25, -0.2) is 4.39 Å². The van der Waals surface area contributed by atoms with Crippen LogP contribution in [0.5, 0.6) is 0 Å². The molecular weight excluding hydrogens is 225 g/mol. The van der Waals surface area contributed by atoms with Crippen molar-refractivity contribution in [3.8, 4) is 0 Å². The Hall–Kier alpha value is -0.600. The van der Waals surface area contributed by atoms with Crippen LogP contribution in [0, 0.1) is 11.7 Å². The molecule has 1 nitrogen and oxygen atoms in total. The molecule has 2 unspecified atom stereocenters. The molecule has 0 saturated carbocycles. The van der Waals surface area contributed by atoms with E-state index in [1.807, 2.05) is 0 Å². The fourth-order valence-corrected chi connectivity index (χ4v) is 2.49. The van der Waals surface area contributed by atoms with Crippen LogP contribution in [-0.2, 0) is 6.42 Å². The summed E-state index contributed by atoms with van der Waals surface area (Å²) >= 11 is 5.73. The molecule has 1 N–H and O–H groups in total. The summed E-state index contributed by atoms with van der Waals surface area (Å²) in [5.74, 6) is 0.550. The molecule has 0 bridgehead atoms. The second kappa shape index (κ2) is 5.15. The zero-order valence-corrected chi connectivity index (χ0v) is 10.2. The molecule has 1 heterocycles. The number of benzene rings is 1.